The van der Waals surface area contributed by atoms with Crippen LogP contribution in [0.3, 0.4) is 0 Å². The van der Waals surface area contributed by atoms with Crippen molar-refractivity contribution in [3.63, 3.8) is 0 Å². The molecule has 6 nitrogen and oxygen atoms in total. The Balaban J connectivity index is 1.86. The molecule has 0 heterocycles. The van der Waals surface area contributed by atoms with E-state index in [1.165, 1.54) is 24.3 Å². The lowest BCUT2D eigenvalue weighted by molar-refractivity contribution is 0.0693. The maximum atomic E-state index is 10.8. The van der Waals surface area contributed by atoms with E-state index in [1.807, 2.05) is 6.92 Å². The van der Waals surface area contributed by atoms with Crippen LogP contribution < -0.4 is 9.47 Å². The van der Waals surface area contributed by atoms with E-state index >= 15 is 0 Å². The van der Waals surface area contributed by atoms with Crippen LogP contribution in [0, 0.1) is 6.92 Å². The fourth-order valence-corrected chi connectivity index (χ4v) is 1.89. The zero-order valence-corrected chi connectivity index (χ0v) is 11.9. The average molecular weight is 304 g/mol. The van der Waals surface area contributed by atoms with E-state index in [0.29, 0.717) is 11.5 Å². The topological polar surface area (TPSA) is 96.2 Å². The number of phenolic OH excluding ortho intramolecular Hbond substituents is 1. The third kappa shape index (κ3) is 3.82. The van der Waals surface area contributed by atoms with Crippen LogP contribution in [0.15, 0.2) is 36.4 Å². The van der Waals surface area contributed by atoms with Crippen LogP contribution in [0.4, 0.5) is 0 Å². The Morgan fingerprint density at radius 3 is 2.41 bits per heavy atom. The smallest absolute Gasteiger partial charge is 0.339 e. The Labute approximate surface area is 127 Å². The van der Waals surface area contributed by atoms with E-state index in [9.17, 15) is 15.0 Å². The highest BCUT2D eigenvalue weighted by atomic mass is 16.5. The summed E-state index contributed by atoms with van der Waals surface area (Å²) < 4.78 is 10.9. The largest absolute Gasteiger partial charge is 0.508 e. The van der Waals surface area contributed by atoms with Gasteiger partial charge in [-0.2, -0.15) is 0 Å². The van der Waals surface area contributed by atoms with E-state index in [4.69, 9.17) is 14.6 Å². The molecule has 2 aromatic carbocycles. The number of aromatic carboxylic acids is 1. The molecule has 2 rings (SSSR count). The summed E-state index contributed by atoms with van der Waals surface area (Å²) in [5.41, 5.74) is 0.631. The number of hydrogen-bond acceptors (Lipinski definition) is 5. The Morgan fingerprint density at radius 2 is 1.77 bits per heavy atom. The number of aryl methyl sites for hydroxylation is 1. The molecule has 3 N–H and O–H groups in total. The lowest BCUT2D eigenvalue weighted by Crippen LogP contribution is -2.09. The van der Waals surface area contributed by atoms with Crippen molar-refractivity contribution < 1.29 is 29.6 Å². The second-order valence-corrected chi connectivity index (χ2v) is 4.63. The molecule has 0 aliphatic rings. The highest BCUT2D eigenvalue weighted by Crippen LogP contribution is 2.24. The van der Waals surface area contributed by atoms with E-state index < -0.39 is 5.97 Å². The van der Waals surface area contributed by atoms with E-state index in [-0.39, 0.29) is 30.3 Å². The van der Waals surface area contributed by atoms with Crippen molar-refractivity contribution in [2.75, 3.05) is 13.2 Å². The fourth-order valence-electron chi connectivity index (χ4n) is 1.89. The first-order valence-corrected chi connectivity index (χ1v) is 6.59. The molecule has 0 aliphatic heterocycles. The van der Waals surface area contributed by atoms with Crippen LogP contribution in [0.2, 0.25) is 0 Å². The molecule has 0 radical (unpaired) electrons. The van der Waals surface area contributed by atoms with Gasteiger partial charge in [-0.05, 0) is 42.8 Å². The number of phenols is 2. The van der Waals surface area contributed by atoms with Gasteiger partial charge in [-0.3, -0.25) is 0 Å². The highest BCUT2D eigenvalue weighted by Gasteiger charge is 2.10. The maximum absolute atomic E-state index is 10.8. The average Bonchev–Trinajstić information content (AvgIpc) is 2.45. The summed E-state index contributed by atoms with van der Waals surface area (Å²) in [4.78, 5) is 10.8. The number of carboxylic acids is 1. The van der Waals surface area contributed by atoms with E-state index in [0.717, 1.165) is 5.56 Å². The summed E-state index contributed by atoms with van der Waals surface area (Å²) in [7, 11) is 0. The Hall–Kier alpha value is -2.89. The fraction of sp³-hybridized carbons (Fsp3) is 0.188. The van der Waals surface area contributed by atoms with Crippen molar-refractivity contribution in [3.05, 3.63) is 47.5 Å². The minimum atomic E-state index is -1.20. The second-order valence-electron chi connectivity index (χ2n) is 4.63. The molecule has 116 valence electrons. The van der Waals surface area contributed by atoms with Crippen molar-refractivity contribution in [1.29, 1.82) is 0 Å². The van der Waals surface area contributed by atoms with Gasteiger partial charge in [0.15, 0.2) is 0 Å². The number of carbonyl (C=O) groups is 1. The first-order valence-electron chi connectivity index (χ1n) is 6.59. The molecule has 22 heavy (non-hydrogen) atoms. The third-order valence-electron chi connectivity index (χ3n) is 2.97. The predicted octanol–water partition coefficient (Wildman–Crippen LogP) is 2.56. The van der Waals surface area contributed by atoms with Crippen molar-refractivity contribution in [1.82, 2.24) is 0 Å². The predicted molar refractivity (Wildman–Crippen MR) is 78.9 cm³/mol. The van der Waals surface area contributed by atoms with Crippen molar-refractivity contribution in [2.24, 2.45) is 0 Å². The maximum Gasteiger partial charge on any atom is 0.339 e. The normalized spacial score (nSPS) is 10.2. The summed E-state index contributed by atoms with van der Waals surface area (Å²) in [6.07, 6.45) is 0. The molecular weight excluding hydrogens is 288 g/mol. The van der Waals surface area contributed by atoms with Crippen LogP contribution in [0.1, 0.15) is 15.9 Å². The summed E-state index contributed by atoms with van der Waals surface area (Å²) >= 11 is 0. The van der Waals surface area contributed by atoms with Gasteiger partial charge >= 0.3 is 5.97 Å². The molecule has 0 spiro atoms. The quantitative estimate of drug-likeness (QED) is 0.710. The van der Waals surface area contributed by atoms with Gasteiger partial charge in [0, 0.05) is 6.07 Å². The lowest BCUT2D eigenvalue weighted by atomic mass is 10.2. The molecule has 0 aromatic heterocycles. The standard InChI is InChI=1S/C16H16O6/c1-10-8-11(17)2-5-15(10)22-7-6-21-12-3-4-13(16(19)20)14(18)9-12/h2-5,8-9,17-18H,6-7H2,1H3,(H,19,20). The van der Waals surface area contributed by atoms with E-state index in [1.54, 1.807) is 12.1 Å². The van der Waals surface area contributed by atoms with Gasteiger partial charge in [-0.25, -0.2) is 4.79 Å². The minimum absolute atomic E-state index is 0.176. The first-order chi connectivity index (χ1) is 10.5. The van der Waals surface area contributed by atoms with E-state index in [2.05, 4.69) is 0 Å². The molecule has 0 bridgehead atoms. The van der Waals surface area contributed by atoms with Crippen molar-refractivity contribution in [2.45, 2.75) is 6.92 Å². The van der Waals surface area contributed by atoms with Gasteiger partial charge in [-0.15, -0.1) is 0 Å². The molecule has 6 heteroatoms. The Kier molecular flexibility index (Phi) is 4.73. The Bertz CT molecular complexity index is 680. The molecular formula is C16H16O6. The van der Waals surface area contributed by atoms with Gasteiger partial charge in [-0.1, -0.05) is 0 Å². The van der Waals surface area contributed by atoms with Crippen LogP contribution in [0.5, 0.6) is 23.0 Å². The number of ether oxygens (including phenoxy) is 2. The van der Waals surface area contributed by atoms with Crippen molar-refractivity contribution in [3.8, 4) is 23.0 Å². The molecule has 0 fully saturated rings. The zero-order chi connectivity index (χ0) is 16.1. The summed E-state index contributed by atoms with van der Waals surface area (Å²) in [5.74, 6) is -0.371. The first kappa shape index (κ1) is 15.5. The van der Waals surface area contributed by atoms with Gasteiger partial charge in [0.25, 0.3) is 0 Å². The van der Waals surface area contributed by atoms with Crippen LogP contribution in [-0.2, 0) is 0 Å². The Morgan fingerprint density at radius 1 is 1.05 bits per heavy atom. The minimum Gasteiger partial charge on any atom is -0.508 e. The van der Waals surface area contributed by atoms with Gasteiger partial charge in [0.05, 0.1) is 0 Å². The third-order valence-corrected chi connectivity index (χ3v) is 2.97. The molecule has 2 aromatic rings. The van der Waals surface area contributed by atoms with Crippen LogP contribution in [0.25, 0.3) is 0 Å². The summed E-state index contributed by atoms with van der Waals surface area (Å²) in [5, 5.41) is 27.6. The number of benzene rings is 2. The lowest BCUT2D eigenvalue weighted by Gasteiger charge is -2.11. The SMILES string of the molecule is Cc1cc(O)ccc1OCCOc1ccc(C(=O)O)c(O)c1. The van der Waals surface area contributed by atoms with Gasteiger partial charge < -0.3 is 24.8 Å². The van der Waals surface area contributed by atoms with Crippen LogP contribution in [-0.4, -0.2) is 34.5 Å². The summed E-state index contributed by atoms with van der Waals surface area (Å²) in [6, 6.07) is 8.78. The molecule has 0 atom stereocenters. The van der Waals surface area contributed by atoms with Gasteiger partial charge in [0.1, 0.15) is 41.8 Å². The number of aromatic hydroxyl groups is 2. The number of rotatable bonds is 6. The molecule has 0 amide bonds. The molecule has 0 saturated heterocycles. The van der Waals surface area contributed by atoms with Crippen LogP contribution >= 0.6 is 0 Å². The highest BCUT2D eigenvalue weighted by molar-refractivity contribution is 5.90. The molecule has 0 aliphatic carbocycles. The summed E-state index contributed by atoms with van der Waals surface area (Å²) in [6.45, 7) is 2.32. The number of hydrogen-bond donors (Lipinski definition) is 3. The number of carboxylic acid groups (broad SMARTS) is 1. The molecule has 0 unspecified atom stereocenters. The van der Waals surface area contributed by atoms with Gasteiger partial charge in [0.2, 0.25) is 0 Å². The zero-order valence-electron chi connectivity index (χ0n) is 11.9. The van der Waals surface area contributed by atoms with Crippen molar-refractivity contribution >= 4 is 5.97 Å². The second kappa shape index (κ2) is 6.71. The monoisotopic (exact) mass is 304 g/mol. The molecule has 0 saturated carbocycles.